The third kappa shape index (κ3) is 7.80. The minimum Gasteiger partial charge on any atom is -0.497 e. The number of benzene rings is 1. The molecular weight excluding hydrogens is 670 g/mol. The minimum atomic E-state index is -3.90. The molecule has 3 heterocycles. The second kappa shape index (κ2) is 13.7. The van der Waals surface area contributed by atoms with E-state index in [1.54, 1.807) is 58.4 Å². The third-order valence-electron chi connectivity index (χ3n) is 9.15. The first-order chi connectivity index (χ1) is 23.7. The highest BCUT2D eigenvalue weighted by atomic mass is 32.2. The zero-order chi connectivity index (χ0) is 35.8. The largest absolute Gasteiger partial charge is 0.497 e. The molecule has 3 N–H and O–H groups in total. The van der Waals surface area contributed by atoms with Crippen molar-refractivity contribution in [3.05, 3.63) is 42.6 Å². The highest BCUT2D eigenvalue weighted by Crippen LogP contribution is 2.46. The van der Waals surface area contributed by atoms with Gasteiger partial charge in [0.05, 0.1) is 25.5 Å². The number of sulfonamides is 1. The molecule has 2 saturated carbocycles. The normalized spacial score (nSPS) is 27.3. The summed E-state index contributed by atoms with van der Waals surface area (Å²) in [4.78, 5) is 60.6. The van der Waals surface area contributed by atoms with Crippen molar-refractivity contribution >= 4 is 44.6 Å². The average molecular weight is 714 g/mol. The number of pyridine rings is 1. The van der Waals surface area contributed by atoms with Gasteiger partial charge in [-0.05, 0) is 69.7 Å². The molecule has 1 unspecified atom stereocenters. The molecule has 0 spiro atoms. The fourth-order valence-electron chi connectivity index (χ4n) is 6.33. The van der Waals surface area contributed by atoms with Crippen molar-refractivity contribution in [1.82, 2.24) is 25.2 Å². The van der Waals surface area contributed by atoms with Crippen LogP contribution in [0.3, 0.4) is 0 Å². The Morgan fingerprint density at radius 2 is 1.92 bits per heavy atom. The van der Waals surface area contributed by atoms with E-state index in [2.05, 4.69) is 20.3 Å². The Morgan fingerprint density at radius 1 is 1.14 bits per heavy atom. The molecule has 2 aromatic rings. The van der Waals surface area contributed by atoms with Gasteiger partial charge in [-0.25, -0.2) is 18.2 Å². The van der Waals surface area contributed by atoms with Crippen LogP contribution in [0.1, 0.15) is 52.9 Å². The zero-order valence-electron chi connectivity index (χ0n) is 28.5. The van der Waals surface area contributed by atoms with Crippen LogP contribution in [0.5, 0.6) is 11.6 Å². The van der Waals surface area contributed by atoms with Crippen LogP contribution in [0.25, 0.3) is 10.8 Å². The maximum Gasteiger partial charge on any atom is 0.408 e. The molecule has 6 rings (SSSR count). The van der Waals surface area contributed by atoms with Crippen LogP contribution < -0.4 is 24.8 Å². The number of alkyl carbamates (subject to hydrolysis) is 1. The first-order valence-corrected chi connectivity index (χ1v) is 18.3. The number of rotatable bonds is 7. The van der Waals surface area contributed by atoms with Crippen molar-refractivity contribution in [3.8, 4) is 11.6 Å². The molecular formula is C34H43N5O10S. The molecule has 1 saturated heterocycles. The number of methoxy groups -OCH3 is 1. The van der Waals surface area contributed by atoms with E-state index >= 15 is 0 Å². The Kier molecular flexibility index (Phi) is 9.70. The molecule has 0 bridgehead atoms. The summed E-state index contributed by atoms with van der Waals surface area (Å²) in [5.74, 6) is -1.61. The van der Waals surface area contributed by atoms with Crippen molar-refractivity contribution in [1.29, 1.82) is 0 Å². The van der Waals surface area contributed by atoms with E-state index in [0.29, 0.717) is 29.9 Å². The average Bonchev–Trinajstić information content (AvgIpc) is 3.97. The number of carbonyl (C=O) groups excluding carboxylic acids is 4. The topological polar surface area (TPSA) is 192 Å². The summed E-state index contributed by atoms with van der Waals surface area (Å²) in [7, 11) is -2.33. The molecule has 0 radical (unpaired) electrons. The number of hydrogen-bond acceptors (Lipinski definition) is 11. The molecule has 270 valence electrons. The smallest absolute Gasteiger partial charge is 0.408 e. The summed E-state index contributed by atoms with van der Waals surface area (Å²) in [5.41, 5.74) is -2.37. The number of aromatic nitrogens is 1. The second-order valence-corrected chi connectivity index (χ2v) is 16.1. The summed E-state index contributed by atoms with van der Waals surface area (Å²) < 4.78 is 50.5. The Labute approximate surface area is 290 Å². The van der Waals surface area contributed by atoms with Gasteiger partial charge in [0.15, 0.2) is 0 Å². The van der Waals surface area contributed by atoms with Gasteiger partial charge in [-0.15, -0.1) is 0 Å². The Hall–Kier alpha value is -4.44. The predicted octanol–water partition coefficient (Wildman–Crippen LogP) is 1.94. The van der Waals surface area contributed by atoms with Crippen molar-refractivity contribution in [3.63, 3.8) is 0 Å². The molecule has 16 heteroatoms. The number of nitrogens with one attached hydrogen (secondary N) is 3. The lowest BCUT2D eigenvalue weighted by Crippen LogP contribution is -2.58. The van der Waals surface area contributed by atoms with Gasteiger partial charge in [0.25, 0.3) is 5.91 Å². The van der Waals surface area contributed by atoms with E-state index < -0.39 is 74.3 Å². The van der Waals surface area contributed by atoms with Crippen molar-refractivity contribution in [2.45, 2.75) is 87.5 Å². The highest BCUT2D eigenvalue weighted by Gasteiger charge is 2.62. The molecule has 1 aromatic heterocycles. The number of hydrogen-bond donors (Lipinski definition) is 3. The highest BCUT2D eigenvalue weighted by molar-refractivity contribution is 7.91. The number of ether oxygens (including phenoxy) is 4. The number of amides is 4. The predicted molar refractivity (Wildman–Crippen MR) is 180 cm³/mol. The standard InChI is InChI=1S/C34H43N5O10S/c1-33(2,3)49-32(43)36-26-12-15-47-14-5-6-21-18-34(21,31(42)38-50(44,45)24-8-9-24)37-28(40)27-17-23(19-39(27)30(26)41)48-29-25-10-7-22(46-4)16-20(25)11-13-35-29/h5-7,10-11,13,16,21,23-24,26-27H,8-9,12,14-15,17-19H2,1-4H3,(H,36,43)(H,37,40)(H,38,42)/t21?,23-,26+,27+,34-/m1/s1. The Bertz CT molecular complexity index is 1810. The number of fused-ring (bicyclic) bond motifs is 3. The molecule has 4 amide bonds. The SMILES string of the molecule is COc1ccc2c(O[C@@H]3C[C@H]4C(=O)N[C@]5(C(=O)NS(=O)(=O)C6CC6)CC5C=CCOCC[C@H](NC(=O)OC(C)(C)C)C(=O)N4C3)nccc2c1. The molecule has 50 heavy (non-hydrogen) atoms. The van der Waals surface area contributed by atoms with Gasteiger partial charge >= 0.3 is 6.09 Å². The molecule has 1 aromatic carbocycles. The van der Waals surface area contributed by atoms with Gasteiger partial charge in [0.2, 0.25) is 27.7 Å². The van der Waals surface area contributed by atoms with E-state index in [1.807, 2.05) is 12.1 Å². The maximum absolute atomic E-state index is 14.3. The molecule has 2 aliphatic heterocycles. The fraction of sp³-hybridized carbons (Fsp3) is 0.559. The molecule has 3 fully saturated rings. The zero-order valence-corrected chi connectivity index (χ0v) is 29.3. The van der Waals surface area contributed by atoms with Crippen LogP contribution in [0.2, 0.25) is 0 Å². The van der Waals surface area contributed by atoms with E-state index in [-0.39, 0.29) is 39.0 Å². The number of carbonyl (C=O) groups is 4. The van der Waals surface area contributed by atoms with Crippen LogP contribution >= 0.6 is 0 Å². The van der Waals surface area contributed by atoms with Gasteiger partial charge in [-0.1, -0.05) is 12.2 Å². The lowest BCUT2D eigenvalue weighted by atomic mass is 10.1. The first-order valence-electron chi connectivity index (χ1n) is 16.7. The molecule has 4 aliphatic rings. The van der Waals surface area contributed by atoms with E-state index in [4.69, 9.17) is 18.9 Å². The molecule has 5 atom stereocenters. The van der Waals surface area contributed by atoms with Gasteiger partial charge < -0.3 is 34.5 Å². The summed E-state index contributed by atoms with van der Waals surface area (Å²) in [6.07, 6.45) is 4.66. The van der Waals surface area contributed by atoms with Crippen LogP contribution in [0.15, 0.2) is 42.6 Å². The lowest BCUT2D eigenvalue weighted by Gasteiger charge is -2.30. The summed E-state index contributed by atoms with van der Waals surface area (Å²) in [5, 5.41) is 6.31. The van der Waals surface area contributed by atoms with E-state index in [9.17, 15) is 27.6 Å². The maximum atomic E-state index is 14.3. The lowest BCUT2D eigenvalue weighted by molar-refractivity contribution is -0.141. The quantitative estimate of drug-likeness (QED) is 0.356. The first kappa shape index (κ1) is 35.4. The second-order valence-electron chi connectivity index (χ2n) is 14.1. The third-order valence-corrected chi connectivity index (χ3v) is 11.0. The molecule has 2 aliphatic carbocycles. The van der Waals surface area contributed by atoms with Gasteiger partial charge in [0, 0.05) is 36.9 Å². The van der Waals surface area contributed by atoms with Crippen LogP contribution in [-0.4, -0.2) is 104 Å². The van der Waals surface area contributed by atoms with Crippen molar-refractivity contribution in [2.75, 3.05) is 26.9 Å². The van der Waals surface area contributed by atoms with Crippen molar-refractivity contribution < 1.29 is 46.5 Å². The summed E-state index contributed by atoms with van der Waals surface area (Å²) in [6.45, 7) is 5.26. The van der Waals surface area contributed by atoms with E-state index in [1.165, 1.54) is 4.90 Å². The summed E-state index contributed by atoms with van der Waals surface area (Å²) in [6, 6.07) is 4.96. The van der Waals surface area contributed by atoms with E-state index in [0.717, 1.165) is 5.39 Å². The van der Waals surface area contributed by atoms with Crippen molar-refractivity contribution in [2.24, 2.45) is 5.92 Å². The van der Waals surface area contributed by atoms with Gasteiger partial charge in [-0.3, -0.25) is 19.1 Å². The van der Waals surface area contributed by atoms with Gasteiger partial charge in [0.1, 0.15) is 35.1 Å². The monoisotopic (exact) mass is 713 g/mol. The van der Waals surface area contributed by atoms with Gasteiger partial charge in [-0.2, -0.15) is 0 Å². The minimum absolute atomic E-state index is 0.0278. The van der Waals surface area contributed by atoms with Crippen LogP contribution in [0.4, 0.5) is 4.79 Å². The summed E-state index contributed by atoms with van der Waals surface area (Å²) >= 11 is 0. The van der Waals surface area contributed by atoms with Crippen LogP contribution in [-0.2, 0) is 33.9 Å². The Morgan fingerprint density at radius 3 is 2.64 bits per heavy atom. The Balaban J connectivity index is 1.30. The van der Waals surface area contributed by atoms with Crippen LogP contribution in [0, 0.1) is 5.92 Å². The number of nitrogens with zero attached hydrogens (tertiary/aromatic N) is 2. The fourth-order valence-corrected chi connectivity index (χ4v) is 7.69. The molecule has 15 nitrogen and oxygen atoms in total.